The molecule has 1 aliphatic carbocycles. The lowest BCUT2D eigenvalue weighted by atomic mass is 9.92. The Hall–Kier alpha value is -0.650. The van der Waals surface area contributed by atoms with Crippen LogP contribution in [0.15, 0.2) is 0 Å². The molecule has 16 heavy (non-hydrogen) atoms. The number of hydrogen-bond donors (Lipinski definition) is 2. The van der Waals surface area contributed by atoms with Gasteiger partial charge in [0.05, 0.1) is 32.0 Å². The van der Waals surface area contributed by atoms with Crippen LogP contribution in [0.3, 0.4) is 0 Å². The van der Waals surface area contributed by atoms with Crippen molar-refractivity contribution in [2.75, 3.05) is 19.8 Å². The predicted molar refractivity (Wildman–Crippen MR) is 57.0 cm³/mol. The van der Waals surface area contributed by atoms with Gasteiger partial charge in [-0.2, -0.15) is 0 Å². The summed E-state index contributed by atoms with van der Waals surface area (Å²) in [6.07, 6.45) is 2.79. The van der Waals surface area contributed by atoms with Crippen LogP contribution in [-0.2, 0) is 14.3 Å². The lowest BCUT2D eigenvalue weighted by molar-refractivity contribution is -0.149. The van der Waals surface area contributed by atoms with E-state index in [1.54, 1.807) is 0 Å². The highest BCUT2D eigenvalue weighted by Crippen LogP contribution is 2.18. The van der Waals surface area contributed by atoms with E-state index < -0.39 is 12.2 Å². The third-order valence-electron chi connectivity index (χ3n) is 3.17. The molecule has 1 aliphatic heterocycles. The highest BCUT2D eigenvalue weighted by atomic mass is 16.6. The number of aliphatic hydroxyl groups is 1. The van der Waals surface area contributed by atoms with Gasteiger partial charge in [0.1, 0.15) is 0 Å². The summed E-state index contributed by atoms with van der Waals surface area (Å²) in [6.45, 7) is 1.33. The molecule has 2 aliphatic rings. The number of carbonyl (C=O) groups is 1. The maximum Gasteiger partial charge on any atom is 0.251 e. The Morgan fingerprint density at radius 3 is 2.75 bits per heavy atom. The van der Waals surface area contributed by atoms with Crippen LogP contribution in [0.5, 0.6) is 0 Å². The zero-order chi connectivity index (χ0) is 11.4. The van der Waals surface area contributed by atoms with Crippen molar-refractivity contribution in [2.45, 2.75) is 43.9 Å². The molecule has 1 amide bonds. The van der Waals surface area contributed by atoms with Crippen molar-refractivity contribution in [2.24, 2.45) is 0 Å². The molecule has 0 aromatic heterocycles. The molecular formula is C11H19NO4. The van der Waals surface area contributed by atoms with E-state index >= 15 is 0 Å². The maximum atomic E-state index is 11.8. The molecule has 3 atom stereocenters. The van der Waals surface area contributed by atoms with Gasteiger partial charge >= 0.3 is 0 Å². The maximum absolute atomic E-state index is 11.8. The van der Waals surface area contributed by atoms with Crippen molar-refractivity contribution in [3.63, 3.8) is 0 Å². The van der Waals surface area contributed by atoms with E-state index in [1.165, 1.54) is 0 Å². The lowest BCUT2D eigenvalue weighted by Gasteiger charge is -2.30. The van der Waals surface area contributed by atoms with Gasteiger partial charge in [0.15, 0.2) is 6.10 Å². The van der Waals surface area contributed by atoms with Crippen LogP contribution in [-0.4, -0.2) is 49.1 Å². The first-order chi connectivity index (χ1) is 7.77. The standard InChI is InChI=1S/C11H19NO4/c13-9-4-2-1-3-8(9)12-11(14)10-7-15-5-6-16-10/h8-10,13H,1-7H2,(H,12,14)/t8-,9-,10?/m0/s1. The highest BCUT2D eigenvalue weighted by molar-refractivity contribution is 5.81. The van der Waals surface area contributed by atoms with Crippen LogP contribution >= 0.6 is 0 Å². The quantitative estimate of drug-likeness (QED) is 0.689. The van der Waals surface area contributed by atoms with Crippen LogP contribution in [0.2, 0.25) is 0 Å². The SMILES string of the molecule is O=C(N[C@H]1CCCC[C@@H]1O)C1COCCO1. The number of aliphatic hydroxyl groups excluding tert-OH is 1. The predicted octanol–water partition coefficient (Wildman–Crippen LogP) is -0.179. The second-order valence-electron chi connectivity index (χ2n) is 4.40. The molecular weight excluding hydrogens is 210 g/mol. The summed E-state index contributed by atoms with van der Waals surface area (Å²) in [7, 11) is 0. The van der Waals surface area contributed by atoms with Crippen molar-refractivity contribution in [1.29, 1.82) is 0 Å². The smallest absolute Gasteiger partial charge is 0.251 e. The molecule has 5 heteroatoms. The molecule has 0 spiro atoms. The van der Waals surface area contributed by atoms with Gasteiger partial charge in [0, 0.05) is 0 Å². The van der Waals surface area contributed by atoms with E-state index in [2.05, 4.69) is 5.32 Å². The zero-order valence-electron chi connectivity index (χ0n) is 9.35. The van der Waals surface area contributed by atoms with Gasteiger partial charge in [-0.05, 0) is 12.8 Å². The fraction of sp³-hybridized carbons (Fsp3) is 0.909. The zero-order valence-corrected chi connectivity index (χ0v) is 9.35. The minimum atomic E-state index is -0.511. The number of hydrogen-bond acceptors (Lipinski definition) is 4. The summed E-state index contributed by atoms with van der Waals surface area (Å²) in [5.41, 5.74) is 0. The van der Waals surface area contributed by atoms with Crippen molar-refractivity contribution >= 4 is 5.91 Å². The van der Waals surface area contributed by atoms with Gasteiger partial charge < -0.3 is 19.9 Å². The Labute approximate surface area is 95.1 Å². The summed E-state index contributed by atoms with van der Waals surface area (Å²) in [6, 6.07) is -0.119. The first-order valence-electron chi connectivity index (χ1n) is 5.95. The third kappa shape index (κ3) is 2.93. The van der Waals surface area contributed by atoms with E-state index in [9.17, 15) is 9.90 Å². The molecule has 2 N–H and O–H groups in total. The fourth-order valence-corrected chi connectivity index (χ4v) is 2.19. The lowest BCUT2D eigenvalue weighted by Crippen LogP contribution is -2.51. The van der Waals surface area contributed by atoms with Crippen LogP contribution in [0.1, 0.15) is 25.7 Å². The molecule has 0 radical (unpaired) electrons. The summed E-state index contributed by atoms with van der Waals surface area (Å²) in [5.74, 6) is -0.161. The normalized spacial score (nSPS) is 35.7. The Morgan fingerprint density at radius 2 is 2.06 bits per heavy atom. The molecule has 1 heterocycles. The van der Waals surface area contributed by atoms with Gasteiger partial charge in [-0.15, -0.1) is 0 Å². The summed E-state index contributed by atoms with van der Waals surface area (Å²) in [4.78, 5) is 11.8. The number of carbonyl (C=O) groups excluding carboxylic acids is 1. The van der Waals surface area contributed by atoms with E-state index in [0.29, 0.717) is 19.8 Å². The van der Waals surface area contributed by atoms with Crippen molar-refractivity contribution < 1.29 is 19.4 Å². The first kappa shape index (κ1) is 11.8. The molecule has 2 rings (SSSR count). The Kier molecular flexibility index (Phi) is 4.15. The molecule has 5 nitrogen and oxygen atoms in total. The van der Waals surface area contributed by atoms with Crippen molar-refractivity contribution in [3.8, 4) is 0 Å². The van der Waals surface area contributed by atoms with Crippen LogP contribution in [0.25, 0.3) is 0 Å². The second kappa shape index (κ2) is 5.61. The van der Waals surface area contributed by atoms with Crippen LogP contribution < -0.4 is 5.32 Å². The van der Waals surface area contributed by atoms with Crippen molar-refractivity contribution in [1.82, 2.24) is 5.32 Å². The summed E-state index contributed by atoms with van der Waals surface area (Å²) < 4.78 is 10.5. The average Bonchev–Trinajstić information content (AvgIpc) is 2.33. The Morgan fingerprint density at radius 1 is 1.25 bits per heavy atom. The van der Waals surface area contributed by atoms with E-state index in [0.717, 1.165) is 25.7 Å². The van der Waals surface area contributed by atoms with E-state index in [-0.39, 0.29) is 11.9 Å². The second-order valence-corrected chi connectivity index (χ2v) is 4.40. The average molecular weight is 229 g/mol. The van der Waals surface area contributed by atoms with Crippen molar-refractivity contribution in [3.05, 3.63) is 0 Å². The molecule has 0 aromatic carbocycles. The highest BCUT2D eigenvalue weighted by Gasteiger charge is 2.29. The molecule has 1 saturated heterocycles. The molecule has 0 aromatic rings. The number of nitrogens with one attached hydrogen (secondary N) is 1. The summed E-state index contributed by atoms with van der Waals surface area (Å²) in [5, 5.41) is 12.6. The van der Waals surface area contributed by atoms with Gasteiger partial charge in [-0.25, -0.2) is 0 Å². The number of ether oxygens (including phenoxy) is 2. The Bertz CT molecular complexity index is 240. The molecule has 0 bridgehead atoms. The van der Waals surface area contributed by atoms with Gasteiger partial charge in [0.25, 0.3) is 5.91 Å². The third-order valence-corrected chi connectivity index (χ3v) is 3.17. The number of amides is 1. The molecule has 1 unspecified atom stereocenters. The number of rotatable bonds is 2. The minimum absolute atomic E-state index is 0.119. The monoisotopic (exact) mass is 229 g/mol. The van der Waals surface area contributed by atoms with Gasteiger partial charge in [0.2, 0.25) is 0 Å². The molecule has 92 valence electrons. The van der Waals surface area contributed by atoms with E-state index in [1.807, 2.05) is 0 Å². The topological polar surface area (TPSA) is 67.8 Å². The molecule has 1 saturated carbocycles. The summed E-state index contributed by atoms with van der Waals surface area (Å²) >= 11 is 0. The van der Waals surface area contributed by atoms with Crippen LogP contribution in [0.4, 0.5) is 0 Å². The minimum Gasteiger partial charge on any atom is -0.391 e. The van der Waals surface area contributed by atoms with Gasteiger partial charge in [-0.3, -0.25) is 4.79 Å². The largest absolute Gasteiger partial charge is 0.391 e. The van der Waals surface area contributed by atoms with E-state index in [4.69, 9.17) is 9.47 Å². The fourth-order valence-electron chi connectivity index (χ4n) is 2.19. The first-order valence-corrected chi connectivity index (χ1v) is 5.95. The van der Waals surface area contributed by atoms with Crippen LogP contribution in [0, 0.1) is 0 Å². The van der Waals surface area contributed by atoms with Gasteiger partial charge in [-0.1, -0.05) is 12.8 Å². The molecule has 2 fully saturated rings. The Balaban J connectivity index is 1.80.